The second-order valence-electron chi connectivity index (χ2n) is 8.68. The SMILES string of the molecule is C#C/C=C\C=C/CC(=C)CCC(C=CC)C1CC(C)=CC(F)=C1/C(C)=C/C=C\C(C)C. The van der Waals surface area contributed by atoms with Crippen molar-refractivity contribution in [2.24, 2.45) is 17.8 Å². The summed E-state index contributed by atoms with van der Waals surface area (Å²) in [7, 11) is 0. The van der Waals surface area contributed by atoms with Crippen LogP contribution in [0, 0.1) is 30.1 Å². The molecule has 0 nitrogen and oxygen atoms in total. The van der Waals surface area contributed by atoms with E-state index in [1.807, 2.05) is 32.9 Å². The molecule has 1 heteroatoms. The van der Waals surface area contributed by atoms with E-state index in [0.29, 0.717) is 5.92 Å². The summed E-state index contributed by atoms with van der Waals surface area (Å²) in [6.07, 6.45) is 28.7. The summed E-state index contributed by atoms with van der Waals surface area (Å²) in [5.41, 5.74) is 4.15. The summed E-state index contributed by atoms with van der Waals surface area (Å²) in [5.74, 6) is 3.28. The van der Waals surface area contributed by atoms with Crippen LogP contribution in [0.15, 0.2) is 95.5 Å². The maximum Gasteiger partial charge on any atom is 0.126 e. The summed E-state index contributed by atoms with van der Waals surface area (Å²) < 4.78 is 15.1. The van der Waals surface area contributed by atoms with Crippen molar-refractivity contribution in [1.82, 2.24) is 0 Å². The standard InChI is InChI=1S/C30H39F/c1-8-10-11-12-13-17-24(5)19-20-27(15-9-2)28-21-25(6)22-29(31)30(28)26(7)18-14-16-23(3)4/h1,9-16,18,22-23,27-28H,5,17,19-21H2,2-4,6-7H3/b11-10-,13-12-,15-9?,16-14-,26-18+. The highest BCUT2D eigenvalue weighted by Crippen LogP contribution is 2.41. The number of halogens is 1. The lowest BCUT2D eigenvalue weighted by Crippen LogP contribution is -2.20. The van der Waals surface area contributed by atoms with Gasteiger partial charge in [-0.25, -0.2) is 4.39 Å². The van der Waals surface area contributed by atoms with E-state index >= 15 is 4.39 Å². The van der Waals surface area contributed by atoms with Gasteiger partial charge in [0, 0.05) is 0 Å². The lowest BCUT2D eigenvalue weighted by molar-refractivity contribution is 0.406. The molecule has 1 aliphatic carbocycles. The quantitative estimate of drug-likeness (QED) is 0.178. The van der Waals surface area contributed by atoms with E-state index in [2.05, 4.69) is 62.8 Å². The average molecular weight is 419 g/mol. The van der Waals surface area contributed by atoms with Gasteiger partial charge >= 0.3 is 0 Å². The highest BCUT2D eigenvalue weighted by molar-refractivity contribution is 5.44. The first-order chi connectivity index (χ1) is 14.8. The van der Waals surface area contributed by atoms with Crippen LogP contribution in [0.5, 0.6) is 0 Å². The average Bonchev–Trinajstić information content (AvgIpc) is 2.69. The van der Waals surface area contributed by atoms with Gasteiger partial charge in [-0.2, -0.15) is 0 Å². The maximum absolute atomic E-state index is 15.1. The molecule has 0 bridgehead atoms. The van der Waals surface area contributed by atoms with E-state index in [1.165, 1.54) is 5.57 Å². The monoisotopic (exact) mass is 418 g/mol. The van der Waals surface area contributed by atoms with E-state index in [-0.39, 0.29) is 17.7 Å². The van der Waals surface area contributed by atoms with Crippen LogP contribution in [-0.4, -0.2) is 0 Å². The second-order valence-corrected chi connectivity index (χ2v) is 8.68. The fourth-order valence-electron chi connectivity index (χ4n) is 3.91. The maximum atomic E-state index is 15.1. The van der Waals surface area contributed by atoms with Crippen LogP contribution in [0.2, 0.25) is 0 Å². The molecule has 31 heavy (non-hydrogen) atoms. The topological polar surface area (TPSA) is 0 Å². The smallest absolute Gasteiger partial charge is 0.126 e. The first kappa shape index (κ1) is 26.4. The number of hydrogen-bond donors (Lipinski definition) is 0. The fourth-order valence-corrected chi connectivity index (χ4v) is 3.91. The second kappa shape index (κ2) is 14.4. The van der Waals surface area contributed by atoms with Crippen molar-refractivity contribution in [2.45, 2.75) is 60.3 Å². The Bertz CT molecular complexity index is 843. The molecule has 0 aliphatic heterocycles. The van der Waals surface area contributed by atoms with Gasteiger partial charge in [-0.15, -0.1) is 6.42 Å². The van der Waals surface area contributed by atoms with Crippen molar-refractivity contribution in [3.8, 4) is 12.3 Å². The van der Waals surface area contributed by atoms with Crippen LogP contribution in [0.4, 0.5) is 4.39 Å². The minimum absolute atomic E-state index is 0.0861. The molecule has 0 aromatic heterocycles. The molecule has 0 aromatic carbocycles. The Labute approximate surface area is 190 Å². The van der Waals surface area contributed by atoms with E-state index in [9.17, 15) is 0 Å². The molecule has 0 N–H and O–H groups in total. The molecule has 0 saturated carbocycles. The Morgan fingerprint density at radius 2 is 2.03 bits per heavy atom. The van der Waals surface area contributed by atoms with Gasteiger partial charge in [0.2, 0.25) is 0 Å². The van der Waals surface area contributed by atoms with Crippen molar-refractivity contribution in [3.05, 3.63) is 95.5 Å². The van der Waals surface area contributed by atoms with Crippen LogP contribution in [0.25, 0.3) is 0 Å². The van der Waals surface area contributed by atoms with Crippen molar-refractivity contribution in [3.63, 3.8) is 0 Å². The number of allylic oxidation sites excluding steroid dienone is 15. The third-order valence-corrected chi connectivity index (χ3v) is 5.44. The van der Waals surface area contributed by atoms with E-state index in [1.54, 1.807) is 12.2 Å². The largest absolute Gasteiger partial charge is 0.207 e. The summed E-state index contributed by atoms with van der Waals surface area (Å²) >= 11 is 0. The molecule has 0 spiro atoms. The molecule has 2 unspecified atom stereocenters. The molecule has 2 atom stereocenters. The van der Waals surface area contributed by atoms with E-state index < -0.39 is 0 Å². The number of hydrogen-bond acceptors (Lipinski definition) is 0. The highest BCUT2D eigenvalue weighted by Gasteiger charge is 2.29. The minimum Gasteiger partial charge on any atom is -0.207 e. The van der Waals surface area contributed by atoms with E-state index in [0.717, 1.165) is 42.4 Å². The normalized spacial score (nSPS) is 19.2. The number of terminal acetylenes is 1. The van der Waals surface area contributed by atoms with Gasteiger partial charge in [0.1, 0.15) is 5.83 Å². The van der Waals surface area contributed by atoms with Gasteiger partial charge in [0.15, 0.2) is 0 Å². The summed E-state index contributed by atoms with van der Waals surface area (Å²) in [6, 6.07) is 0. The van der Waals surface area contributed by atoms with Gasteiger partial charge in [0.25, 0.3) is 0 Å². The Hall–Kier alpha value is -2.59. The summed E-state index contributed by atoms with van der Waals surface area (Å²) in [6.45, 7) is 14.6. The lowest BCUT2D eigenvalue weighted by Gasteiger charge is -2.31. The van der Waals surface area contributed by atoms with Crippen LogP contribution in [-0.2, 0) is 0 Å². The lowest BCUT2D eigenvalue weighted by atomic mass is 9.73. The molecule has 0 aromatic rings. The fraction of sp³-hybridized carbons (Fsp3) is 0.400. The molecule has 0 saturated heterocycles. The zero-order valence-electron chi connectivity index (χ0n) is 20.0. The van der Waals surface area contributed by atoms with Gasteiger partial charge in [0.05, 0.1) is 0 Å². The first-order valence-electron chi connectivity index (χ1n) is 11.3. The Kier molecular flexibility index (Phi) is 12.3. The molecule has 1 aliphatic rings. The molecular weight excluding hydrogens is 379 g/mol. The third-order valence-electron chi connectivity index (χ3n) is 5.44. The summed E-state index contributed by atoms with van der Waals surface area (Å²) in [5, 5.41) is 0. The van der Waals surface area contributed by atoms with E-state index in [4.69, 9.17) is 6.42 Å². The van der Waals surface area contributed by atoms with Gasteiger partial charge in [-0.05, 0) is 87.5 Å². The van der Waals surface area contributed by atoms with Crippen LogP contribution < -0.4 is 0 Å². The van der Waals surface area contributed by atoms with Crippen molar-refractivity contribution in [2.75, 3.05) is 0 Å². The van der Waals surface area contributed by atoms with Crippen molar-refractivity contribution >= 4 is 0 Å². The molecule has 0 fully saturated rings. The van der Waals surface area contributed by atoms with Crippen LogP contribution in [0.3, 0.4) is 0 Å². The van der Waals surface area contributed by atoms with Gasteiger partial charge < -0.3 is 0 Å². The van der Waals surface area contributed by atoms with Crippen molar-refractivity contribution < 1.29 is 4.39 Å². The predicted molar refractivity (Wildman–Crippen MR) is 136 cm³/mol. The molecule has 166 valence electrons. The Morgan fingerprint density at radius 3 is 2.68 bits per heavy atom. The zero-order chi connectivity index (χ0) is 23.2. The van der Waals surface area contributed by atoms with Crippen LogP contribution in [0.1, 0.15) is 60.3 Å². The van der Waals surface area contributed by atoms with Gasteiger partial charge in [-0.1, -0.05) is 86.1 Å². The third kappa shape index (κ3) is 9.84. The Morgan fingerprint density at radius 1 is 1.29 bits per heavy atom. The molecular formula is C30H39F. The zero-order valence-corrected chi connectivity index (χ0v) is 20.0. The molecule has 0 radical (unpaired) electrons. The highest BCUT2D eigenvalue weighted by atomic mass is 19.1. The Balaban J connectivity index is 3.01. The van der Waals surface area contributed by atoms with Crippen molar-refractivity contribution in [1.29, 1.82) is 0 Å². The minimum atomic E-state index is -0.0861. The van der Waals surface area contributed by atoms with Crippen LogP contribution >= 0.6 is 0 Å². The molecule has 1 rings (SSSR count). The number of rotatable bonds is 11. The summed E-state index contributed by atoms with van der Waals surface area (Å²) in [4.78, 5) is 0. The van der Waals surface area contributed by atoms with Gasteiger partial charge in [-0.3, -0.25) is 0 Å². The molecule has 0 amide bonds. The first-order valence-corrected chi connectivity index (χ1v) is 11.3. The predicted octanol–water partition coefficient (Wildman–Crippen LogP) is 9.00. The molecule has 0 heterocycles.